The van der Waals surface area contributed by atoms with E-state index in [9.17, 15) is 17.2 Å². The van der Waals surface area contributed by atoms with Crippen molar-refractivity contribution >= 4 is 53.3 Å². The minimum atomic E-state index is -4.07. The summed E-state index contributed by atoms with van der Waals surface area (Å²) in [6.45, 7) is 0. The summed E-state index contributed by atoms with van der Waals surface area (Å²) in [5.41, 5.74) is 6.23. The van der Waals surface area contributed by atoms with E-state index in [-0.39, 0.29) is 5.69 Å². The van der Waals surface area contributed by atoms with E-state index in [4.69, 9.17) is 5.73 Å². The van der Waals surface area contributed by atoms with Gasteiger partial charge < -0.3 is 5.73 Å². The molecule has 2 aromatic rings. The topological polar surface area (TPSA) is 72.2 Å². The van der Waals surface area contributed by atoms with Crippen LogP contribution in [0, 0.1) is 11.6 Å². The third kappa shape index (κ3) is 3.53. The number of anilines is 2. The van der Waals surface area contributed by atoms with E-state index in [2.05, 4.69) is 36.6 Å². The standard InChI is InChI=1S/C12H8Br2F2N2O2S/c13-8-3-6(17)4-9(14)12(8)18-21(19,20)7-1-2-10(15)11(16)5-7/h1-5,18H,17H2. The van der Waals surface area contributed by atoms with Gasteiger partial charge in [0.1, 0.15) is 0 Å². The Morgan fingerprint density at radius 3 is 2.10 bits per heavy atom. The van der Waals surface area contributed by atoms with Gasteiger partial charge >= 0.3 is 0 Å². The summed E-state index contributed by atoms with van der Waals surface area (Å²) >= 11 is 6.36. The van der Waals surface area contributed by atoms with Crippen molar-refractivity contribution in [2.24, 2.45) is 0 Å². The summed E-state index contributed by atoms with van der Waals surface area (Å²) in [5, 5.41) is 0. The van der Waals surface area contributed by atoms with Gasteiger partial charge in [0, 0.05) is 14.6 Å². The summed E-state index contributed by atoms with van der Waals surface area (Å²) in [6.07, 6.45) is 0. The monoisotopic (exact) mass is 440 g/mol. The Kier molecular flexibility index (Phi) is 4.54. The average molecular weight is 442 g/mol. The second kappa shape index (κ2) is 5.90. The molecule has 0 saturated carbocycles. The zero-order valence-corrected chi connectivity index (χ0v) is 14.2. The molecule has 0 fully saturated rings. The first kappa shape index (κ1) is 16.2. The van der Waals surface area contributed by atoms with Crippen molar-refractivity contribution in [3.8, 4) is 0 Å². The van der Waals surface area contributed by atoms with E-state index in [1.807, 2.05) is 0 Å². The van der Waals surface area contributed by atoms with Gasteiger partial charge in [-0.05, 0) is 62.2 Å². The lowest BCUT2D eigenvalue weighted by molar-refractivity contribution is 0.504. The molecule has 0 amide bonds. The van der Waals surface area contributed by atoms with E-state index in [0.29, 0.717) is 20.7 Å². The van der Waals surface area contributed by atoms with Gasteiger partial charge in [0.05, 0.1) is 10.6 Å². The molecule has 0 atom stereocenters. The molecule has 0 aliphatic carbocycles. The van der Waals surface area contributed by atoms with E-state index < -0.39 is 26.6 Å². The lowest BCUT2D eigenvalue weighted by Crippen LogP contribution is -2.14. The zero-order valence-electron chi connectivity index (χ0n) is 10.2. The van der Waals surface area contributed by atoms with E-state index >= 15 is 0 Å². The first-order valence-electron chi connectivity index (χ1n) is 5.43. The normalized spacial score (nSPS) is 11.4. The van der Waals surface area contributed by atoms with E-state index in [1.54, 1.807) is 0 Å². The maximum atomic E-state index is 13.2. The summed E-state index contributed by atoms with van der Waals surface area (Å²) in [7, 11) is -4.07. The predicted octanol–water partition coefficient (Wildman–Crippen LogP) is 3.87. The van der Waals surface area contributed by atoms with Crippen LogP contribution >= 0.6 is 31.9 Å². The molecular weight excluding hydrogens is 434 g/mol. The maximum absolute atomic E-state index is 13.2. The van der Waals surface area contributed by atoms with Crippen LogP contribution < -0.4 is 10.5 Å². The highest BCUT2D eigenvalue weighted by Crippen LogP contribution is 2.35. The highest BCUT2D eigenvalue weighted by Gasteiger charge is 2.19. The van der Waals surface area contributed by atoms with Crippen molar-refractivity contribution in [3.05, 3.63) is 50.9 Å². The summed E-state index contributed by atoms with van der Waals surface area (Å²) < 4.78 is 53.5. The Bertz CT molecular complexity index is 790. The first-order chi connectivity index (χ1) is 9.70. The number of nitrogen functional groups attached to an aromatic ring is 1. The van der Waals surface area contributed by atoms with Crippen LogP contribution in [0.2, 0.25) is 0 Å². The number of nitrogens with two attached hydrogens (primary N) is 1. The molecular formula is C12H8Br2F2N2O2S. The quantitative estimate of drug-likeness (QED) is 0.710. The molecule has 2 rings (SSSR count). The average Bonchev–Trinajstić information content (AvgIpc) is 2.37. The molecule has 3 N–H and O–H groups in total. The van der Waals surface area contributed by atoms with Gasteiger partial charge in [-0.1, -0.05) is 0 Å². The Morgan fingerprint density at radius 2 is 1.57 bits per heavy atom. The Balaban J connectivity index is 2.44. The fourth-order valence-electron chi connectivity index (χ4n) is 1.53. The van der Waals surface area contributed by atoms with Crippen molar-refractivity contribution < 1.29 is 17.2 Å². The van der Waals surface area contributed by atoms with Crippen molar-refractivity contribution in [1.29, 1.82) is 0 Å². The molecule has 0 unspecified atom stereocenters. The van der Waals surface area contributed by atoms with Gasteiger partial charge in [-0.2, -0.15) is 0 Å². The van der Waals surface area contributed by atoms with Crippen LogP contribution in [0.5, 0.6) is 0 Å². The first-order valence-corrected chi connectivity index (χ1v) is 8.50. The fourth-order valence-corrected chi connectivity index (χ4v) is 4.32. The maximum Gasteiger partial charge on any atom is 0.262 e. The lowest BCUT2D eigenvalue weighted by Gasteiger charge is -2.12. The van der Waals surface area contributed by atoms with Gasteiger partial charge in [0.25, 0.3) is 10.0 Å². The van der Waals surface area contributed by atoms with Crippen LogP contribution in [0.4, 0.5) is 20.2 Å². The summed E-state index contributed by atoms with van der Waals surface area (Å²) in [5.74, 6) is -2.36. The van der Waals surface area contributed by atoms with Crippen molar-refractivity contribution in [2.75, 3.05) is 10.5 Å². The van der Waals surface area contributed by atoms with Gasteiger partial charge in [-0.25, -0.2) is 17.2 Å². The second-order valence-electron chi connectivity index (χ2n) is 4.04. The fraction of sp³-hybridized carbons (Fsp3) is 0. The van der Waals surface area contributed by atoms with Crippen LogP contribution in [-0.4, -0.2) is 8.42 Å². The summed E-state index contributed by atoms with van der Waals surface area (Å²) in [4.78, 5) is -0.392. The summed E-state index contributed by atoms with van der Waals surface area (Å²) in [6, 6.07) is 5.34. The van der Waals surface area contributed by atoms with Crippen molar-refractivity contribution in [2.45, 2.75) is 4.90 Å². The highest BCUT2D eigenvalue weighted by atomic mass is 79.9. The van der Waals surface area contributed by atoms with E-state index in [0.717, 1.165) is 12.1 Å². The number of rotatable bonds is 3. The molecule has 4 nitrogen and oxygen atoms in total. The molecule has 112 valence electrons. The zero-order chi connectivity index (χ0) is 15.8. The molecule has 21 heavy (non-hydrogen) atoms. The predicted molar refractivity (Wildman–Crippen MR) is 83.4 cm³/mol. The number of benzene rings is 2. The van der Waals surface area contributed by atoms with Crippen molar-refractivity contribution in [3.63, 3.8) is 0 Å². The molecule has 0 radical (unpaired) electrons. The lowest BCUT2D eigenvalue weighted by atomic mass is 10.3. The SMILES string of the molecule is Nc1cc(Br)c(NS(=O)(=O)c2ccc(F)c(F)c2)c(Br)c1. The Labute approximate surface area is 136 Å². The van der Waals surface area contributed by atoms with Gasteiger partial charge in [0.2, 0.25) is 0 Å². The molecule has 0 saturated heterocycles. The Morgan fingerprint density at radius 1 is 1.00 bits per heavy atom. The number of halogens is 4. The third-order valence-corrected chi connectivity index (χ3v) is 5.10. The molecule has 0 heterocycles. The second-order valence-corrected chi connectivity index (χ2v) is 7.43. The minimum Gasteiger partial charge on any atom is -0.399 e. The highest BCUT2D eigenvalue weighted by molar-refractivity contribution is 9.11. The number of hydrogen-bond donors (Lipinski definition) is 2. The minimum absolute atomic E-state index is 0.203. The molecule has 0 bridgehead atoms. The van der Waals surface area contributed by atoms with Crippen LogP contribution in [0.25, 0.3) is 0 Å². The van der Waals surface area contributed by atoms with Gasteiger partial charge in [0.15, 0.2) is 11.6 Å². The number of nitrogens with one attached hydrogen (secondary N) is 1. The molecule has 0 aliphatic heterocycles. The van der Waals surface area contributed by atoms with Crippen LogP contribution in [0.3, 0.4) is 0 Å². The smallest absolute Gasteiger partial charge is 0.262 e. The van der Waals surface area contributed by atoms with Crippen LogP contribution in [0.1, 0.15) is 0 Å². The molecule has 2 aromatic carbocycles. The van der Waals surface area contributed by atoms with E-state index in [1.165, 1.54) is 12.1 Å². The van der Waals surface area contributed by atoms with Gasteiger partial charge in [-0.3, -0.25) is 4.72 Å². The molecule has 9 heteroatoms. The number of hydrogen-bond acceptors (Lipinski definition) is 3. The largest absolute Gasteiger partial charge is 0.399 e. The molecule has 0 aromatic heterocycles. The van der Waals surface area contributed by atoms with Crippen molar-refractivity contribution in [1.82, 2.24) is 0 Å². The molecule has 0 aliphatic rings. The third-order valence-electron chi connectivity index (χ3n) is 2.50. The van der Waals surface area contributed by atoms with Crippen LogP contribution in [-0.2, 0) is 10.0 Å². The van der Waals surface area contributed by atoms with Crippen LogP contribution in [0.15, 0.2) is 44.2 Å². The Hall–Kier alpha value is -1.19. The molecule has 0 spiro atoms. The number of sulfonamides is 1. The van der Waals surface area contributed by atoms with Gasteiger partial charge in [-0.15, -0.1) is 0 Å².